The van der Waals surface area contributed by atoms with Crippen LogP contribution in [0, 0.1) is 0 Å². The van der Waals surface area contributed by atoms with E-state index in [1.807, 2.05) is 11.3 Å². The Hall–Kier alpha value is -7.34. The molecule has 12 aromatic rings. The maximum atomic E-state index is 5.51. The molecular weight excluding hydrogens is 737 g/mol. The molecule has 4 heterocycles. The van der Waals surface area contributed by atoms with Crippen molar-refractivity contribution in [3.8, 4) is 28.3 Å². The van der Waals surface area contributed by atoms with E-state index in [2.05, 4.69) is 191 Å². The summed E-state index contributed by atoms with van der Waals surface area (Å²) in [6.45, 7) is 0. The molecule has 59 heavy (non-hydrogen) atoms. The Morgan fingerprint density at radius 3 is 2.00 bits per heavy atom. The Labute approximate surface area is 343 Å². The molecule has 0 amide bonds. The molecule has 13 rings (SSSR count). The monoisotopic (exact) mass is 770 g/mol. The number of para-hydroxylation sites is 3. The van der Waals surface area contributed by atoms with Gasteiger partial charge in [-0.3, -0.25) is 4.57 Å². The highest BCUT2D eigenvalue weighted by Gasteiger charge is 2.22. The minimum absolute atomic E-state index is 0.668. The van der Waals surface area contributed by atoms with Crippen LogP contribution in [0.2, 0.25) is 0 Å². The summed E-state index contributed by atoms with van der Waals surface area (Å²) in [5.74, 6) is 0.668. The molecule has 1 aliphatic carbocycles. The Balaban J connectivity index is 1.06. The number of fused-ring (bicyclic) bond motifs is 12. The molecule has 0 saturated carbocycles. The predicted octanol–water partition coefficient (Wildman–Crippen LogP) is 14.9. The average molecular weight is 771 g/mol. The van der Waals surface area contributed by atoms with Crippen LogP contribution in [0.15, 0.2) is 182 Å². The van der Waals surface area contributed by atoms with E-state index in [-0.39, 0.29) is 0 Å². The quantitative estimate of drug-likeness (QED) is 0.179. The zero-order valence-corrected chi connectivity index (χ0v) is 32.7. The minimum atomic E-state index is 0.668. The highest BCUT2D eigenvalue weighted by molar-refractivity contribution is 7.26. The van der Waals surface area contributed by atoms with Crippen LogP contribution in [0.25, 0.3) is 119 Å². The van der Waals surface area contributed by atoms with Gasteiger partial charge in [-0.1, -0.05) is 133 Å². The lowest BCUT2D eigenvalue weighted by molar-refractivity contribution is 1.01. The van der Waals surface area contributed by atoms with Gasteiger partial charge in [0.25, 0.3) is 0 Å². The second-order valence-corrected chi connectivity index (χ2v) is 16.6. The molecular formula is C54H34N4S. The lowest BCUT2D eigenvalue weighted by atomic mass is 9.94. The number of nitrogens with zero attached hydrogens (tertiary/aromatic N) is 4. The van der Waals surface area contributed by atoms with Crippen LogP contribution in [0.5, 0.6) is 0 Å². The van der Waals surface area contributed by atoms with E-state index in [1.165, 1.54) is 80.3 Å². The van der Waals surface area contributed by atoms with Gasteiger partial charge in [0.15, 0.2) is 0 Å². The smallest absolute Gasteiger partial charge is 0.235 e. The number of aromatic nitrogens is 4. The van der Waals surface area contributed by atoms with Gasteiger partial charge in [-0.2, -0.15) is 0 Å². The van der Waals surface area contributed by atoms with Crippen molar-refractivity contribution in [3.63, 3.8) is 0 Å². The van der Waals surface area contributed by atoms with Gasteiger partial charge < -0.3 is 4.57 Å². The summed E-state index contributed by atoms with van der Waals surface area (Å²) < 4.78 is 7.25. The third-order valence-electron chi connectivity index (χ3n) is 12.3. The Morgan fingerprint density at radius 1 is 0.458 bits per heavy atom. The summed E-state index contributed by atoms with van der Waals surface area (Å²) in [5, 5.41) is 11.0. The first kappa shape index (κ1) is 32.7. The van der Waals surface area contributed by atoms with Crippen LogP contribution in [-0.2, 0) is 0 Å². The number of benzene rings is 8. The number of thiophene rings is 1. The molecule has 0 radical (unpaired) electrons. The van der Waals surface area contributed by atoms with Crippen molar-refractivity contribution in [2.75, 3.05) is 0 Å². The fourth-order valence-corrected chi connectivity index (χ4v) is 11.0. The molecule has 4 nitrogen and oxygen atoms in total. The highest BCUT2D eigenvalue weighted by atomic mass is 32.1. The summed E-state index contributed by atoms with van der Waals surface area (Å²) in [4.78, 5) is 10.8. The molecule has 5 heteroatoms. The largest absolute Gasteiger partial charge is 0.310 e. The van der Waals surface area contributed by atoms with E-state index in [1.54, 1.807) is 0 Å². The van der Waals surface area contributed by atoms with Gasteiger partial charge in [0, 0.05) is 58.4 Å². The molecule has 4 aromatic heterocycles. The van der Waals surface area contributed by atoms with Gasteiger partial charge in [0.1, 0.15) is 0 Å². The first-order valence-corrected chi connectivity index (χ1v) is 21.1. The maximum Gasteiger partial charge on any atom is 0.235 e. The number of hydrogen-bond donors (Lipinski definition) is 0. The van der Waals surface area contributed by atoms with Crippen molar-refractivity contribution in [2.45, 2.75) is 12.8 Å². The molecule has 0 unspecified atom stereocenters. The van der Waals surface area contributed by atoms with Gasteiger partial charge in [0.2, 0.25) is 5.95 Å². The van der Waals surface area contributed by atoms with Crippen LogP contribution >= 0.6 is 11.3 Å². The summed E-state index contributed by atoms with van der Waals surface area (Å²) in [6.07, 6.45) is 9.09. The van der Waals surface area contributed by atoms with E-state index in [0.717, 1.165) is 46.0 Å². The number of allylic oxidation sites excluding steroid dienone is 4. The van der Waals surface area contributed by atoms with Gasteiger partial charge in [-0.15, -0.1) is 11.3 Å². The van der Waals surface area contributed by atoms with Gasteiger partial charge >= 0.3 is 0 Å². The van der Waals surface area contributed by atoms with E-state index in [9.17, 15) is 0 Å². The first-order chi connectivity index (χ1) is 29.3. The van der Waals surface area contributed by atoms with E-state index in [0.29, 0.717) is 5.95 Å². The summed E-state index contributed by atoms with van der Waals surface area (Å²) >= 11 is 1.84. The number of hydrogen-bond acceptors (Lipinski definition) is 3. The normalized spacial score (nSPS) is 13.3. The Kier molecular flexibility index (Phi) is 6.97. The van der Waals surface area contributed by atoms with E-state index in [4.69, 9.17) is 9.97 Å². The average Bonchev–Trinajstić information content (AvgIpc) is 3.96. The molecule has 0 atom stereocenters. The van der Waals surface area contributed by atoms with Crippen LogP contribution in [0.3, 0.4) is 0 Å². The standard InChI is InChI=1S/C54H34N4S/c1-2-15-34(16-3-1)57-47-27-12-8-22-41(47)51-38-20-5-4-17-35(38)43(32-49(51)57)33-29-30-48-44(31-33)36-18-7-11-26-46(36)58(48)54-55-45-25-10-6-21-40(45)52(56-54)42-24-14-23-39-37-19-9-13-28-50(37)59-53(39)42/h2,4-32H,1,3H2. The van der Waals surface area contributed by atoms with Crippen molar-refractivity contribution >= 4 is 102 Å². The van der Waals surface area contributed by atoms with Crippen LogP contribution < -0.4 is 0 Å². The first-order valence-electron chi connectivity index (χ1n) is 20.3. The van der Waals surface area contributed by atoms with Gasteiger partial charge in [0.05, 0.1) is 33.3 Å². The molecule has 0 saturated heterocycles. The lowest BCUT2D eigenvalue weighted by Gasteiger charge is -2.15. The Bertz CT molecular complexity index is 3800. The van der Waals surface area contributed by atoms with Crippen LogP contribution in [0.1, 0.15) is 12.8 Å². The molecule has 0 aliphatic heterocycles. The fourth-order valence-electron chi connectivity index (χ4n) is 9.77. The minimum Gasteiger partial charge on any atom is -0.310 e. The Morgan fingerprint density at radius 2 is 1.15 bits per heavy atom. The summed E-state index contributed by atoms with van der Waals surface area (Å²) in [5.41, 5.74) is 11.3. The zero-order chi connectivity index (χ0) is 38.6. The summed E-state index contributed by atoms with van der Waals surface area (Å²) in [6, 6.07) is 59.6. The van der Waals surface area contributed by atoms with Crippen molar-refractivity contribution < 1.29 is 0 Å². The second kappa shape index (κ2) is 12.6. The molecule has 0 spiro atoms. The van der Waals surface area contributed by atoms with Gasteiger partial charge in [-0.05, 0) is 83.3 Å². The van der Waals surface area contributed by atoms with E-state index >= 15 is 0 Å². The second-order valence-electron chi connectivity index (χ2n) is 15.6. The van der Waals surface area contributed by atoms with Crippen molar-refractivity contribution in [2.24, 2.45) is 0 Å². The molecule has 8 aromatic carbocycles. The van der Waals surface area contributed by atoms with E-state index < -0.39 is 0 Å². The number of rotatable bonds is 4. The molecule has 1 aliphatic rings. The predicted molar refractivity (Wildman–Crippen MR) is 251 cm³/mol. The fraction of sp³-hybridized carbons (Fsp3) is 0.0370. The topological polar surface area (TPSA) is 35.6 Å². The van der Waals surface area contributed by atoms with Gasteiger partial charge in [-0.25, -0.2) is 9.97 Å². The third-order valence-corrected chi connectivity index (χ3v) is 13.6. The zero-order valence-electron chi connectivity index (χ0n) is 31.9. The highest BCUT2D eigenvalue weighted by Crippen LogP contribution is 2.45. The third kappa shape index (κ3) is 4.77. The molecule has 276 valence electrons. The van der Waals surface area contributed by atoms with Crippen LogP contribution in [0.4, 0.5) is 0 Å². The molecule has 0 fully saturated rings. The SMILES string of the molecule is C1=CC(n2c3ccccc3c3c4ccccc4c(-c4ccc5c(c4)c4ccccc4n5-c4nc(-c5cccc6c5sc5ccccc56)c5ccccc5n4)cc32)=CCC1. The molecule has 0 N–H and O–H groups in total. The van der Waals surface area contributed by atoms with Crippen LogP contribution in [-0.4, -0.2) is 19.1 Å². The summed E-state index contributed by atoms with van der Waals surface area (Å²) in [7, 11) is 0. The van der Waals surface area contributed by atoms with Crippen molar-refractivity contribution in [1.82, 2.24) is 19.1 Å². The maximum absolute atomic E-state index is 5.51. The van der Waals surface area contributed by atoms with Crippen molar-refractivity contribution in [3.05, 3.63) is 182 Å². The lowest BCUT2D eigenvalue weighted by Crippen LogP contribution is -2.03. The van der Waals surface area contributed by atoms with Crippen molar-refractivity contribution in [1.29, 1.82) is 0 Å². The molecule has 0 bridgehead atoms.